The van der Waals surface area contributed by atoms with E-state index in [2.05, 4.69) is 11.1 Å². The summed E-state index contributed by atoms with van der Waals surface area (Å²) in [7, 11) is 3.40. The molecule has 0 saturated heterocycles. The average molecular weight is 337 g/mol. The van der Waals surface area contributed by atoms with E-state index in [-0.39, 0.29) is 5.78 Å². The summed E-state index contributed by atoms with van der Waals surface area (Å²) in [6.45, 7) is 0. The second-order valence-electron chi connectivity index (χ2n) is 5.23. The van der Waals surface area contributed by atoms with Gasteiger partial charge in [0, 0.05) is 24.2 Å². The number of Topliss-reactive ketones (excluding diaryl/α,β-unsaturated/α-hetero) is 1. The highest BCUT2D eigenvalue weighted by molar-refractivity contribution is 7.10. The third-order valence-electron chi connectivity index (χ3n) is 3.74. The largest absolute Gasteiger partial charge is 0.497 e. The molecule has 0 aliphatic rings. The minimum atomic E-state index is -0.893. The Morgan fingerprint density at radius 2 is 2.08 bits per heavy atom. The van der Waals surface area contributed by atoms with Crippen molar-refractivity contribution in [1.29, 1.82) is 5.26 Å². The van der Waals surface area contributed by atoms with E-state index in [0.29, 0.717) is 10.7 Å². The minimum Gasteiger partial charge on any atom is -0.497 e. The Kier molecular flexibility index (Phi) is 4.45. The lowest BCUT2D eigenvalue weighted by Gasteiger charge is -2.06. The van der Waals surface area contributed by atoms with Crippen molar-refractivity contribution in [3.63, 3.8) is 0 Å². The fourth-order valence-corrected chi connectivity index (χ4v) is 3.27. The standard InChI is InChI=1S/C18H15N3O2S/c1-21-9-3-4-16(21)17(22)14(10-19)18-20-15(11-24-18)12-5-7-13(23-2)8-6-12/h3-9,11,14H,1-2H3. The van der Waals surface area contributed by atoms with E-state index in [4.69, 9.17) is 4.74 Å². The molecule has 2 aromatic heterocycles. The first-order valence-corrected chi connectivity index (χ1v) is 8.17. The van der Waals surface area contributed by atoms with Crippen LogP contribution < -0.4 is 4.74 Å². The smallest absolute Gasteiger partial charge is 0.203 e. The zero-order chi connectivity index (χ0) is 17.1. The summed E-state index contributed by atoms with van der Waals surface area (Å²) in [6.07, 6.45) is 1.78. The van der Waals surface area contributed by atoms with Crippen LogP contribution in [0.3, 0.4) is 0 Å². The van der Waals surface area contributed by atoms with Gasteiger partial charge in [0.2, 0.25) is 5.78 Å². The molecule has 24 heavy (non-hydrogen) atoms. The van der Waals surface area contributed by atoms with Crippen LogP contribution in [0.1, 0.15) is 21.4 Å². The maximum Gasteiger partial charge on any atom is 0.203 e. The first kappa shape index (κ1) is 16.0. The Hall–Kier alpha value is -2.91. The normalized spacial score (nSPS) is 11.7. The fraction of sp³-hybridized carbons (Fsp3) is 0.167. The van der Waals surface area contributed by atoms with Crippen molar-refractivity contribution in [2.24, 2.45) is 7.05 Å². The van der Waals surface area contributed by atoms with Crippen molar-refractivity contribution < 1.29 is 9.53 Å². The number of nitriles is 1. The lowest BCUT2D eigenvalue weighted by atomic mass is 10.0. The molecular weight excluding hydrogens is 322 g/mol. The molecule has 1 atom stereocenters. The lowest BCUT2D eigenvalue weighted by molar-refractivity contribution is 0.0971. The number of aryl methyl sites for hydroxylation is 1. The van der Waals surface area contributed by atoms with Crippen LogP contribution in [0.2, 0.25) is 0 Å². The molecule has 3 aromatic rings. The van der Waals surface area contributed by atoms with Gasteiger partial charge in [-0.1, -0.05) is 0 Å². The van der Waals surface area contributed by atoms with E-state index in [1.807, 2.05) is 29.6 Å². The van der Waals surface area contributed by atoms with Crippen molar-refractivity contribution in [3.8, 4) is 23.1 Å². The van der Waals surface area contributed by atoms with Crippen LogP contribution in [0.4, 0.5) is 0 Å². The first-order valence-electron chi connectivity index (χ1n) is 7.29. The summed E-state index contributed by atoms with van der Waals surface area (Å²) < 4.78 is 6.85. The van der Waals surface area contributed by atoms with E-state index in [0.717, 1.165) is 17.0 Å². The molecule has 0 N–H and O–H groups in total. The Bertz CT molecular complexity index is 903. The van der Waals surface area contributed by atoms with Crippen molar-refractivity contribution in [2.45, 2.75) is 5.92 Å². The molecule has 1 aromatic carbocycles. The lowest BCUT2D eigenvalue weighted by Crippen LogP contribution is -2.14. The zero-order valence-corrected chi connectivity index (χ0v) is 14.1. The number of hydrogen-bond acceptors (Lipinski definition) is 5. The fourth-order valence-electron chi connectivity index (χ4n) is 2.41. The van der Waals surface area contributed by atoms with Gasteiger partial charge in [-0.3, -0.25) is 4.79 Å². The Morgan fingerprint density at radius 3 is 2.67 bits per heavy atom. The number of aromatic nitrogens is 2. The van der Waals surface area contributed by atoms with Crippen molar-refractivity contribution in [1.82, 2.24) is 9.55 Å². The van der Waals surface area contributed by atoms with Gasteiger partial charge < -0.3 is 9.30 Å². The molecule has 0 bridgehead atoms. The van der Waals surface area contributed by atoms with Crippen molar-refractivity contribution >= 4 is 17.1 Å². The van der Waals surface area contributed by atoms with Gasteiger partial charge in [0.15, 0.2) is 5.92 Å². The number of carbonyl (C=O) groups excluding carboxylic acids is 1. The number of benzene rings is 1. The summed E-state index contributed by atoms with van der Waals surface area (Å²) >= 11 is 1.32. The van der Waals surface area contributed by atoms with Gasteiger partial charge in [0.05, 0.1) is 24.6 Å². The number of nitrogens with zero attached hydrogens (tertiary/aromatic N) is 3. The van der Waals surface area contributed by atoms with E-state index in [9.17, 15) is 10.1 Å². The maximum atomic E-state index is 12.6. The first-order chi connectivity index (χ1) is 11.6. The average Bonchev–Trinajstić information content (AvgIpc) is 3.25. The highest BCUT2D eigenvalue weighted by Crippen LogP contribution is 2.29. The molecule has 6 heteroatoms. The van der Waals surface area contributed by atoms with Crippen molar-refractivity contribution in [3.05, 3.63) is 58.7 Å². The molecule has 2 heterocycles. The molecule has 0 fully saturated rings. The highest BCUT2D eigenvalue weighted by atomic mass is 32.1. The third kappa shape index (κ3) is 2.94. The zero-order valence-electron chi connectivity index (χ0n) is 13.3. The molecule has 0 radical (unpaired) electrons. The Balaban J connectivity index is 1.89. The molecule has 0 amide bonds. The molecule has 0 aliphatic heterocycles. The van der Waals surface area contributed by atoms with E-state index < -0.39 is 5.92 Å². The predicted octanol–water partition coefficient (Wildman–Crippen LogP) is 3.65. The summed E-state index contributed by atoms with van der Waals surface area (Å²) in [4.78, 5) is 17.1. The van der Waals surface area contributed by atoms with E-state index in [1.165, 1.54) is 11.3 Å². The molecule has 0 saturated carbocycles. The third-order valence-corrected chi connectivity index (χ3v) is 4.65. The van der Waals surface area contributed by atoms with Crippen LogP contribution in [0, 0.1) is 11.3 Å². The van der Waals surface area contributed by atoms with Gasteiger partial charge in [0.1, 0.15) is 10.8 Å². The monoisotopic (exact) mass is 337 g/mol. The number of ketones is 1. The SMILES string of the molecule is COc1ccc(-c2csc(C(C#N)C(=O)c3cccn3C)n2)cc1. The predicted molar refractivity (Wildman–Crippen MR) is 92.2 cm³/mol. The number of carbonyl (C=O) groups is 1. The Morgan fingerprint density at radius 1 is 1.33 bits per heavy atom. The van der Waals surface area contributed by atoms with Crippen LogP contribution in [0.5, 0.6) is 5.75 Å². The molecule has 1 unspecified atom stereocenters. The summed E-state index contributed by atoms with van der Waals surface area (Å²) in [6, 6.07) is 13.1. The summed E-state index contributed by atoms with van der Waals surface area (Å²) in [5, 5.41) is 11.8. The second-order valence-corrected chi connectivity index (χ2v) is 6.12. The van der Waals surface area contributed by atoms with Crippen LogP contribution in [-0.2, 0) is 7.05 Å². The number of hydrogen-bond donors (Lipinski definition) is 0. The van der Waals surface area contributed by atoms with Gasteiger partial charge in [0.25, 0.3) is 0 Å². The summed E-state index contributed by atoms with van der Waals surface area (Å²) in [5.74, 6) is -0.362. The van der Waals surface area contributed by atoms with Gasteiger partial charge >= 0.3 is 0 Å². The van der Waals surface area contributed by atoms with Crippen LogP contribution in [0.25, 0.3) is 11.3 Å². The van der Waals surface area contributed by atoms with Gasteiger partial charge in [-0.15, -0.1) is 11.3 Å². The number of methoxy groups -OCH3 is 1. The summed E-state index contributed by atoms with van der Waals surface area (Å²) in [5.41, 5.74) is 2.17. The molecule has 120 valence electrons. The molecule has 5 nitrogen and oxygen atoms in total. The number of thiazole rings is 1. The number of ether oxygens (including phenoxy) is 1. The van der Waals surface area contributed by atoms with Gasteiger partial charge in [-0.2, -0.15) is 5.26 Å². The van der Waals surface area contributed by atoms with Crippen molar-refractivity contribution in [2.75, 3.05) is 7.11 Å². The van der Waals surface area contributed by atoms with Crippen LogP contribution in [-0.4, -0.2) is 22.4 Å². The minimum absolute atomic E-state index is 0.236. The highest BCUT2D eigenvalue weighted by Gasteiger charge is 2.26. The number of rotatable bonds is 5. The van der Waals surface area contributed by atoms with Crippen LogP contribution in [0.15, 0.2) is 48.0 Å². The van der Waals surface area contributed by atoms with Crippen LogP contribution >= 0.6 is 11.3 Å². The molecule has 0 spiro atoms. The van der Waals surface area contributed by atoms with Gasteiger partial charge in [-0.25, -0.2) is 4.98 Å². The molecule has 3 rings (SSSR count). The quantitative estimate of drug-likeness (QED) is 0.667. The second kappa shape index (κ2) is 6.69. The Labute approximate surface area is 143 Å². The van der Waals surface area contributed by atoms with E-state index in [1.54, 1.807) is 37.1 Å². The maximum absolute atomic E-state index is 12.6. The van der Waals surface area contributed by atoms with E-state index >= 15 is 0 Å². The topological polar surface area (TPSA) is 67.9 Å². The molecule has 0 aliphatic carbocycles. The van der Waals surface area contributed by atoms with Gasteiger partial charge in [-0.05, 0) is 36.4 Å². The molecular formula is C18H15N3O2S.